The van der Waals surface area contributed by atoms with Gasteiger partial charge in [-0.15, -0.1) is 0 Å². The number of nitrogens with zero attached hydrogens (tertiary/aromatic N) is 1. The smallest absolute Gasteiger partial charge is 0.367 e. The van der Waals surface area contributed by atoms with Crippen molar-refractivity contribution < 1.29 is 48.1 Å². The molecule has 0 heterocycles. The molecule has 0 aromatic heterocycles. The summed E-state index contributed by atoms with van der Waals surface area (Å²) >= 11 is 0. The van der Waals surface area contributed by atoms with Gasteiger partial charge in [0.15, 0.2) is 16.7 Å². The van der Waals surface area contributed by atoms with E-state index in [0.29, 0.717) is 6.26 Å². The number of hydrogen-bond acceptors (Lipinski definition) is 9. The van der Waals surface area contributed by atoms with Crippen LogP contribution >= 0.6 is 0 Å². The van der Waals surface area contributed by atoms with E-state index in [0.717, 1.165) is 0 Å². The van der Waals surface area contributed by atoms with Gasteiger partial charge in [0.2, 0.25) is 0 Å². The van der Waals surface area contributed by atoms with Crippen molar-refractivity contribution in [2.75, 3.05) is 18.6 Å². The zero-order valence-corrected chi connectivity index (χ0v) is 12.0. The number of esters is 1. The quantitative estimate of drug-likeness (QED) is 0.381. The Morgan fingerprint density at radius 1 is 1.20 bits per heavy atom. The average molecular weight is 359 g/mol. The second kappa shape index (κ2) is 5.84. The molecule has 0 fully saturated rings. The minimum absolute atomic E-state index is 0.397. The second-order valence-corrected chi connectivity index (χ2v) is 8.31. The van der Waals surface area contributed by atoms with E-state index in [1.807, 2.05) is 0 Å². The highest BCUT2D eigenvalue weighted by molar-refractivity contribution is 8.12. The van der Waals surface area contributed by atoms with Gasteiger partial charge in [0.25, 0.3) is 0 Å². The Hall–Kier alpha value is -0.900. The van der Waals surface area contributed by atoms with E-state index in [4.69, 9.17) is 0 Å². The third kappa shape index (κ3) is 7.04. The average Bonchev–Trinajstić information content (AvgIpc) is 2.07. The lowest BCUT2D eigenvalue weighted by atomic mass is 10.7. The van der Waals surface area contributed by atoms with E-state index in [1.54, 1.807) is 0 Å². The van der Waals surface area contributed by atoms with Crippen LogP contribution in [0.25, 0.3) is 4.13 Å². The van der Waals surface area contributed by atoms with Gasteiger partial charge < -0.3 is 13.4 Å². The third-order valence-corrected chi connectivity index (χ3v) is 4.76. The van der Waals surface area contributed by atoms with Gasteiger partial charge in [0.05, 0.1) is 20.0 Å². The molecule has 15 heteroatoms. The minimum atomic E-state index is -6.10. The maximum Gasteiger partial charge on any atom is 0.367 e. The molecule has 0 aliphatic heterocycles. The molecule has 0 aliphatic carbocycles. The molecule has 0 radical (unpaired) electrons. The van der Waals surface area contributed by atoms with Gasteiger partial charge in [-0.3, -0.25) is 4.79 Å². The molecule has 0 unspecified atom stereocenters. The van der Waals surface area contributed by atoms with Crippen LogP contribution in [0.1, 0.15) is 0 Å². The minimum Gasteiger partial charge on any atom is -0.743 e. The monoisotopic (exact) mass is 359 g/mol. The van der Waals surface area contributed by atoms with Gasteiger partial charge in [0.1, 0.15) is 5.75 Å². The number of ether oxygens (including phenoxy) is 1. The zero-order chi connectivity index (χ0) is 16.4. The van der Waals surface area contributed by atoms with E-state index in [1.165, 1.54) is 0 Å². The third-order valence-electron chi connectivity index (χ3n) is 1.32. The lowest BCUT2D eigenvalue weighted by Gasteiger charge is -2.20. The second-order valence-electron chi connectivity index (χ2n) is 3.29. The molecular weight excluding hydrogens is 352 g/mol. The van der Waals surface area contributed by atoms with E-state index >= 15 is 0 Å². The summed E-state index contributed by atoms with van der Waals surface area (Å²) in [6.45, 7) is -2.20. The normalized spacial score (nSPS) is 14.0. The van der Waals surface area contributed by atoms with Crippen molar-refractivity contribution in [3.63, 3.8) is 0 Å². The summed E-state index contributed by atoms with van der Waals surface area (Å²) in [5, 5.41) is -4.94. The van der Waals surface area contributed by atoms with Crippen molar-refractivity contribution >= 4 is 36.1 Å². The molecule has 0 saturated carbocycles. The van der Waals surface area contributed by atoms with Gasteiger partial charge in [-0.05, 0) is 0 Å². The number of rotatable bonds is 7. The van der Waals surface area contributed by atoms with Crippen LogP contribution in [-0.2, 0) is 39.7 Å². The molecule has 0 aromatic rings. The first-order chi connectivity index (χ1) is 8.56. The first kappa shape index (κ1) is 19.1. The first-order valence-electron chi connectivity index (χ1n) is 4.21. The fourth-order valence-electron chi connectivity index (χ4n) is 0.660. The Morgan fingerprint density at radius 3 is 2.00 bits per heavy atom. The molecule has 20 heavy (non-hydrogen) atoms. The molecule has 0 amide bonds. The summed E-state index contributed by atoms with van der Waals surface area (Å²) < 4.78 is 104. The molecule has 0 aromatic carbocycles. The topological polar surface area (TPSA) is 166 Å². The van der Waals surface area contributed by atoms with Crippen LogP contribution in [0.15, 0.2) is 0 Å². The Morgan fingerprint density at radius 2 is 1.65 bits per heavy atom. The highest BCUT2D eigenvalue weighted by atomic mass is 32.3. The van der Waals surface area contributed by atoms with E-state index in [2.05, 4.69) is 8.86 Å². The van der Waals surface area contributed by atoms with Gasteiger partial charge >= 0.3 is 11.2 Å². The van der Waals surface area contributed by atoms with Crippen molar-refractivity contribution in [1.82, 2.24) is 0 Å². The van der Waals surface area contributed by atoms with Crippen LogP contribution in [0.3, 0.4) is 0 Å². The van der Waals surface area contributed by atoms with Crippen molar-refractivity contribution in [1.29, 1.82) is 0 Å². The summed E-state index contributed by atoms with van der Waals surface area (Å²) in [5.74, 6) is -3.62. The van der Waals surface area contributed by atoms with Gasteiger partial charge in [-0.25, -0.2) is 25.3 Å². The van der Waals surface area contributed by atoms with Gasteiger partial charge in [-0.2, -0.15) is 8.78 Å². The zero-order valence-electron chi connectivity index (χ0n) is 9.52. The molecule has 0 aliphatic rings. The van der Waals surface area contributed by atoms with Crippen molar-refractivity contribution in [2.24, 2.45) is 0 Å². The van der Waals surface area contributed by atoms with Crippen molar-refractivity contribution in [3.8, 4) is 0 Å². The summed E-state index contributed by atoms with van der Waals surface area (Å²) in [6, 6.07) is 0. The van der Waals surface area contributed by atoms with Crippen LogP contribution < -0.4 is 0 Å². The Kier molecular flexibility index (Phi) is 5.58. The van der Waals surface area contributed by atoms with Crippen LogP contribution in [0.2, 0.25) is 0 Å². The molecule has 0 spiro atoms. The molecular formula is C5H7F2NO9S3-2. The SMILES string of the molecule is CS(=O)(=O)[N-]S(=O)(=O)CC(=O)OCC(F)(F)S(=O)(=O)[O-]. The molecule has 0 bridgehead atoms. The predicted molar refractivity (Wildman–Crippen MR) is 57.6 cm³/mol. The molecule has 0 rings (SSSR count). The fraction of sp³-hybridized carbons (Fsp3) is 0.800. The Labute approximate surface area is 113 Å². The largest absolute Gasteiger partial charge is 0.743 e. The highest BCUT2D eigenvalue weighted by Gasteiger charge is 2.39. The van der Waals surface area contributed by atoms with Crippen LogP contribution in [0.5, 0.6) is 0 Å². The molecule has 0 N–H and O–H groups in total. The molecule has 0 saturated heterocycles. The van der Waals surface area contributed by atoms with E-state index in [-0.39, 0.29) is 0 Å². The number of sulfonamides is 2. The summed E-state index contributed by atoms with van der Waals surface area (Å²) in [6.07, 6.45) is 0.397. The van der Waals surface area contributed by atoms with Crippen LogP contribution in [-0.4, -0.2) is 59.6 Å². The molecule has 120 valence electrons. The lowest BCUT2D eigenvalue weighted by Crippen LogP contribution is -2.35. The standard InChI is InChI=1S/C5H8F2NO9S3/c1-18(10,11)8-19(12,13)2-4(9)17-3-5(6,7)20(14,15)16/h2-3H2,1H3,(H,14,15,16)/q-1/p-1. The summed E-state index contributed by atoms with van der Waals surface area (Å²) in [7, 11) is -15.3. The number of alkyl halides is 2. The maximum atomic E-state index is 12.5. The van der Waals surface area contributed by atoms with E-state index in [9.17, 15) is 43.4 Å². The lowest BCUT2D eigenvalue weighted by molar-refractivity contribution is -0.146. The number of carbonyl (C=O) groups excluding carboxylic acids is 1. The number of hydrogen-bond donors (Lipinski definition) is 0. The first-order valence-corrected chi connectivity index (χ1v) is 9.08. The molecule has 10 nitrogen and oxygen atoms in total. The summed E-state index contributed by atoms with van der Waals surface area (Å²) in [5.41, 5.74) is 0. The predicted octanol–water partition coefficient (Wildman–Crippen LogP) is -1.67. The Bertz CT molecular complexity index is 677. The molecule has 0 atom stereocenters. The van der Waals surface area contributed by atoms with Gasteiger partial charge in [-0.1, -0.05) is 0 Å². The van der Waals surface area contributed by atoms with Crippen molar-refractivity contribution in [2.45, 2.75) is 5.25 Å². The number of carbonyl (C=O) groups is 1. The Balaban J connectivity index is 4.69. The maximum absolute atomic E-state index is 12.5. The van der Waals surface area contributed by atoms with Gasteiger partial charge in [0, 0.05) is 6.26 Å². The van der Waals surface area contributed by atoms with Crippen molar-refractivity contribution in [3.05, 3.63) is 4.13 Å². The van der Waals surface area contributed by atoms with Crippen LogP contribution in [0, 0.1) is 0 Å². The highest BCUT2D eigenvalue weighted by Crippen LogP contribution is 2.20. The van der Waals surface area contributed by atoms with Crippen LogP contribution in [0.4, 0.5) is 8.78 Å². The number of halogens is 2. The fourth-order valence-corrected chi connectivity index (χ4v) is 3.11. The summed E-state index contributed by atoms with van der Waals surface area (Å²) in [4.78, 5) is 10.8. The van der Waals surface area contributed by atoms with E-state index < -0.39 is 53.7 Å².